The second-order valence-corrected chi connectivity index (χ2v) is 6.03. The predicted octanol–water partition coefficient (Wildman–Crippen LogP) is 2.62. The number of benzene rings is 1. The summed E-state index contributed by atoms with van der Waals surface area (Å²) in [6.07, 6.45) is 4.15. The predicted molar refractivity (Wildman–Crippen MR) is 85.2 cm³/mol. The van der Waals surface area contributed by atoms with Gasteiger partial charge in [0.05, 0.1) is 12.1 Å². The summed E-state index contributed by atoms with van der Waals surface area (Å²) in [7, 11) is 0. The van der Waals surface area contributed by atoms with Crippen molar-refractivity contribution >= 4 is 16.8 Å². The molecule has 0 spiro atoms. The van der Waals surface area contributed by atoms with Crippen LogP contribution in [0, 0.1) is 6.92 Å². The molecule has 0 bridgehead atoms. The summed E-state index contributed by atoms with van der Waals surface area (Å²) in [5.41, 5.74) is 2.45. The molecule has 1 aliphatic rings. The highest BCUT2D eigenvalue weighted by Gasteiger charge is 2.19. The van der Waals surface area contributed by atoms with E-state index in [4.69, 9.17) is 4.52 Å². The summed E-state index contributed by atoms with van der Waals surface area (Å²) in [6.45, 7) is 4.15. The fourth-order valence-corrected chi connectivity index (χ4v) is 3.05. The molecule has 1 amide bonds. The van der Waals surface area contributed by atoms with E-state index in [0.29, 0.717) is 6.54 Å². The molecule has 0 N–H and O–H groups in total. The maximum atomic E-state index is 12.5. The van der Waals surface area contributed by atoms with Gasteiger partial charge in [0.1, 0.15) is 11.5 Å². The molecule has 2 aromatic heterocycles. The monoisotopic (exact) mass is 310 g/mol. The summed E-state index contributed by atoms with van der Waals surface area (Å²) in [4.78, 5) is 14.4. The van der Waals surface area contributed by atoms with Gasteiger partial charge in [0.15, 0.2) is 0 Å². The average Bonchev–Trinajstić information content (AvgIpc) is 3.26. The topological polar surface area (TPSA) is 64.2 Å². The van der Waals surface area contributed by atoms with Gasteiger partial charge in [-0.1, -0.05) is 5.16 Å². The quantitative estimate of drug-likeness (QED) is 0.746. The Labute approximate surface area is 133 Å². The van der Waals surface area contributed by atoms with Crippen molar-refractivity contribution in [2.45, 2.75) is 26.3 Å². The van der Waals surface area contributed by atoms with Gasteiger partial charge in [0, 0.05) is 36.3 Å². The molecule has 3 heterocycles. The molecule has 1 saturated heterocycles. The smallest absolute Gasteiger partial charge is 0.253 e. The zero-order valence-electron chi connectivity index (χ0n) is 13.0. The first-order chi connectivity index (χ1) is 11.2. The summed E-state index contributed by atoms with van der Waals surface area (Å²) in [6, 6.07) is 7.59. The third kappa shape index (κ3) is 2.72. The van der Waals surface area contributed by atoms with Crippen LogP contribution in [0.2, 0.25) is 0 Å². The van der Waals surface area contributed by atoms with Crippen molar-refractivity contribution < 1.29 is 9.32 Å². The summed E-state index contributed by atoms with van der Waals surface area (Å²) in [5.74, 6) is 0.902. The van der Waals surface area contributed by atoms with Gasteiger partial charge in [-0.2, -0.15) is 5.10 Å². The van der Waals surface area contributed by atoms with Gasteiger partial charge in [0.2, 0.25) is 0 Å². The van der Waals surface area contributed by atoms with E-state index in [-0.39, 0.29) is 5.91 Å². The minimum Gasteiger partial charge on any atom is -0.361 e. The van der Waals surface area contributed by atoms with Crippen LogP contribution in [-0.2, 0) is 6.54 Å². The second-order valence-electron chi connectivity index (χ2n) is 6.03. The molecule has 0 aliphatic carbocycles. The van der Waals surface area contributed by atoms with Crippen molar-refractivity contribution in [2.24, 2.45) is 0 Å². The number of carbonyl (C=O) groups excluding carboxylic acids is 1. The van der Waals surface area contributed by atoms with Crippen molar-refractivity contribution in [3.8, 4) is 0 Å². The molecule has 23 heavy (non-hydrogen) atoms. The van der Waals surface area contributed by atoms with Crippen LogP contribution in [0.3, 0.4) is 0 Å². The number of carbonyl (C=O) groups is 1. The molecule has 1 aliphatic heterocycles. The first-order valence-electron chi connectivity index (χ1n) is 7.88. The number of likely N-dealkylation sites (tertiary alicyclic amines) is 1. The second kappa shape index (κ2) is 5.53. The number of hydrogen-bond acceptors (Lipinski definition) is 4. The SMILES string of the molecule is Cc1cc(Cn2cc3cc(C(=O)N4CCCC4)ccc3n2)no1. The number of aromatic nitrogens is 3. The zero-order valence-corrected chi connectivity index (χ0v) is 13.0. The minimum atomic E-state index is 0.115. The van der Waals surface area contributed by atoms with E-state index < -0.39 is 0 Å². The standard InChI is InChI=1S/C17H18N4O2/c1-12-8-15(19-23-12)11-21-10-14-9-13(4-5-16(14)18-21)17(22)20-6-2-3-7-20/h4-5,8-10H,2-3,6-7,11H2,1H3. The van der Waals surface area contributed by atoms with Crippen molar-refractivity contribution in [3.63, 3.8) is 0 Å². The molecule has 6 nitrogen and oxygen atoms in total. The first kappa shape index (κ1) is 14.0. The normalized spacial score (nSPS) is 14.7. The lowest BCUT2D eigenvalue weighted by Gasteiger charge is -2.14. The van der Waals surface area contributed by atoms with E-state index >= 15 is 0 Å². The molecule has 0 radical (unpaired) electrons. The van der Waals surface area contributed by atoms with Crippen LogP contribution in [-0.4, -0.2) is 38.8 Å². The molecule has 118 valence electrons. The van der Waals surface area contributed by atoms with Crippen LogP contribution < -0.4 is 0 Å². The van der Waals surface area contributed by atoms with Crippen LogP contribution in [0.1, 0.15) is 34.7 Å². The van der Waals surface area contributed by atoms with E-state index in [1.54, 1.807) is 0 Å². The van der Waals surface area contributed by atoms with Crippen LogP contribution >= 0.6 is 0 Å². The Kier molecular flexibility index (Phi) is 3.37. The molecule has 1 aromatic carbocycles. The van der Waals surface area contributed by atoms with Crippen molar-refractivity contribution in [1.82, 2.24) is 19.8 Å². The molecular weight excluding hydrogens is 292 g/mol. The Morgan fingerprint density at radius 3 is 2.83 bits per heavy atom. The summed E-state index contributed by atoms with van der Waals surface area (Å²) < 4.78 is 6.90. The largest absolute Gasteiger partial charge is 0.361 e. The Morgan fingerprint density at radius 2 is 2.09 bits per heavy atom. The van der Waals surface area contributed by atoms with E-state index in [9.17, 15) is 4.79 Å². The molecule has 0 unspecified atom stereocenters. The lowest BCUT2D eigenvalue weighted by atomic mass is 10.1. The number of nitrogens with zero attached hydrogens (tertiary/aromatic N) is 4. The number of aryl methyl sites for hydroxylation is 1. The first-order valence-corrected chi connectivity index (χ1v) is 7.88. The van der Waals surface area contributed by atoms with Gasteiger partial charge in [-0.25, -0.2) is 0 Å². The molecule has 4 rings (SSSR count). The molecular formula is C17H18N4O2. The lowest BCUT2D eigenvalue weighted by molar-refractivity contribution is 0.0793. The van der Waals surface area contributed by atoms with Crippen molar-refractivity contribution in [2.75, 3.05) is 13.1 Å². The Bertz CT molecular complexity index is 858. The number of amides is 1. The third-order valence-corrected chi connectivity index (χ3v) is 4.19. The summed E-state index contributed by atoms with van der Waals surface area (Å²) >= 11 is 0. The van der Waals surface area contributed by atoms with Crippen molar-refractivity contribution in [1.29, 1.82) is 0 Å². The maximum absolute atomic E-state index is 12.5. The van der Waals surface area contributed by atoms with Gasteiger partial charge in [-0.05, 0) is 38.0 Å². The fraction of sp³-hybridized carbons (Fsp3) is 0.353. The lowest BCUT2D eigenvalue weighted by Crippen LogP contribution is -2.27. The van der Waals surface area contributed by atoms with Crippen LogP contribution in [0.15, 0.2) is 35.0 Å². The van der Waals surface area contributed by atoms with Gasteiger partial charge in [-0.3, -0.25) is 9.48 Å². The fourth-order valence-electron chi connectivity index (χ4n) is 3.05. The van der Waals surface area contributed by atoms with Crippen LogP contribution in [0.25, 0.3) is 10.9 Å². The summed E-state index contributed by atoms with van der Waals surface area (Å²) in [5, 5.41) is 9.48. The number of fused-ring (bicyclic) bond motifs is 1. The van der Waals surface area contributed by atoms with Crippen molar-refractivity contribution in [3.05, 3.63) is 47.5 Å². The highest BCUT2D eigenvalue weighted by Crippen LogP contribution is 2.19. The number of rotatable bonds is 3. The van der Waals surface area contributed by atoms with E-state index in [1.165, 1.54) is 0 Å². The number of hydrogen-bond donors (Lipinski definition) is 0. The maximum Gasteiger partial charge on any atom is 0.253 e. The average molecular weight is 310 g/mol. The van der Waals surface area contributed by atoms with Gasteiger partial charge < -0.3 is 9.42 Å². The highest BCUT2D eigenvalue weighted by atomic mass is 16.5. The van der Waals surface area contributed by atoms with E-state index in [1.807, 2.05) is 47.0 Å². The Balaban J connectivity index is 1.60. The minimum absolute atomic E-state index is 0.115. The molecule has 1 fully saturated rings. The Morgan fingerprint density at radius 1 is 1.26 bits per heavy atom. The van der Waals surface area contributed by atoms with E-state index in [0.717, 1.165) is 53.9 Å². The molecule has 0 saturated carbocycles. The molecule has 3 aromatic rings. The van der Waals surface area contributed by atoms with Crippen LogP contribution in [0.5, 0.6) is 0 Å². The third-order valence-electron chi connectivity index (χ3n) is 4.19. The Hall–Kier alpha value is -2.63. The highest BCUT2D eigenvalue weighted by molar-refractivity contribution is 5.98. The zero-order chi connectivity index (χ0) is 15.8. The van der Waals surface area contributed by atoms with Gasteiger partial charge >= 0.3 is 0 Å². The molecule has 0 atom stereocenters. The molecule has 6 heteroatoms. The van der Waals surface area contributed by atoms with E-state index in [2.05, 4.69) is 10.3 Å². The van der Waals surface area contributed by atoms with Gasteiger partial charge in [-0.15, -0.1) is 0 Å². The van der Waals surface area contributed by atoms with Crippen LogP contribution in [0.4, 0.5) is 0 Å². The van der Waals surface area contributed by atoms with Gasteiger partial charge in [0.25, 0.3) is 5.91 Å².